The van der Waals surface area contributed by atoms with Crippen LogP contribution in [0.3, 0.4) is 0 Å². The van der Waals surface area contributed by atoms with E-state index in [0.717, 1.165) is 6.07 Å². The molecular formula is C14H10FN3O3. The second kappa shape index (κ2) is 6.38. The van der Waals surface area contributed by atoms with E-state index in [9.17, 15) is 19.3 Å². The van der Waals surface area contributed by atoms with E-state index in [1.54, 1.807) is 0 Å². The zero-order valence-electron chi connectivity index (χ0n) is 10.7. The lowest BCUT2D eigenvalue weighted by molar-refractivity contribution is -0.384. The highest BCUT2D eigenvalue weighted by Crippen LogP contribution is 2.13. The lowest BCUT2D eigenvalue weighted by Gasteiger charge is -2.00. The summed E-state index contributed by atoms with van der Waals surface area (Å²) in [6.07, 6.45) is 3.98. The number of carbonyl (C=O) groups is 1. The van der Waals surface area contributed by atoms with E-state index in [-0.39, 0.29) is 5.69 Å². The van der Waals surface area contributed by atoms with Crippen LogP contribution in [0.5, 0.6) is 0 Å². The highest BCUT2D eigenvalue weighted by molar-refractivity contribution is 6.01. The van der Waals surface area contributed by atoms with Crippen LogP contribution in [0.25, 0.3) is 6.08 Å². The van der Waals surface area contributed by atoms with Crippen LogP contribution in [0.4, 0.5) is 15.8 Å². The van der Waals surface area contributed by atoms with Crippen LogP contribution in [0.1, 0.15) is 5.56 Å². The maximum absolute atomic E-state index is 12.6. The number of halogens is 1. The molecule has 0 saturated carbocycles. The van der Waals surface area contributed by atoms with E-state index in [1.807, 2.05) is 0 Å². The normalized spacial score (nSPS) is 10.5. The van der Waals surface area contributed by atoms with Crippen LogP contribution in [0.15, 0.2) is 48.7 Å². The van der Waals surface area contributed by atoms with Crippen molar-refractivity contribution in [3.8, 4) is 0 Å². The summed E-state index contributed by atoms with van der Waals surface area (Å²) in [5.41, 5.74) is 0.997. The number of benzene rings is 1. The Morgan fingerprint density at radius 2 is 1.95 bits per heavy atom. The summed E-state index contributed by atoms with van der Waals surface area (Å²) >= 11 is 0. The smallest absolute Gasteiger partial charge is 0.269 e. The molecule has 0 fully saturated rings. The molecule has 1 aromatic carbocycles. The molecule has 0 radical (unpaired) electrons. The Bertz CT molecular complexity index is 682. The van der Waals surface area contributed by atoms with Gasteiger partial charge in [-0.3, -0.25) is 14.9 Å². The van der Waals surface area contributed by atoms with Crippen LogP contribution >= 0.6 is 0 Å². The molecule has 2 rings (SSSR count). The summed E-state index contributed by atoms with van der Waals surface area (Å²) in [4.78, 5) is 25.0. The molecule has 7 heteroatoms. The van der Waals surface area contributed by atoms with Crippen molar-refractivity contribution < 1.29 is 14.1 Å². The van der Waals surface area contributed by atoms with Crippen molar-refractivity contribution >= 4 is 23.4 Å². The molecule has 2 aromatic rings. The van der Waals surface area contributed by atoms with Gasteiger partial charge in [-0.25, -0.2) is 4.98 Å². The fraction of sp³-hybridized carbons (Fsp3) is 0. The van der Waals surface area contributed by atoms with Crippen LogP contribution in [0.2, 0.25) is 0 Å². The molecular weight excluding hydrogens is 277 g/mol. The number of pyridine rings is 1. The highest BCUT2D eigenvalue weighted by atomic mass is 19.1. The molecule has 0 saturated heterocycles. The summed E-state index contributed by atoms with van der Waals surface area (Å²) in [5.74, 6) is -1.05. The van der Waals surface area contributed by atoms with Gasteiger partial charge < -0.3 is 5.32 Å². The fourth-order valence-electron chi connectivity index (χ4n) is 1.51. The first-order chi connectivity index (χ1) is 10.0. The van der Waals surface area contributed by atoms with Crippen LogP contribution in [-0.2, 0) is 4.79 Å². The van der Waals surface area contributed by atoms with E-state index in [4.69, 9.17) is 0 Å². The van der Waals surface area contributed by atoms with Gasteiger partial charge in [0, 0.05) is 18.2 Å². The SMILES string of the molecule is O=C(/C=C/c1ccc([N+](=O)[O-])cc1)Nc1ccc(F)nc1. The molecule has 0 atom stereocenters. The molecule has 0 spiro atoms. The van der Waals surface area contributed by atoms with Crippen molar-refractivity contribution in [3.63, 3.8) is 0 Å². The van der Waals surface area contributed by atoms with Crippen LogP contribution < -0.4 is 5.32 Å². The number of nitrogens with zero attached hydrogens (tertiary/aromatic N) is 2. The number of amides is 1. The predicted octanol–water partition coefficient (Wildman–Crippen LogP) is 2.78. The Balaban J connectivity index is 1.98. The Kier molecular flexibility index (Phi) is 4.35. The number of nitro benzene ring substituents is 1. The number of nitro groups is 1. The minimum Gasteiger partial charge on any atom is -0.321 e. The lowest BCUT2D eigenvalue weighted by atomic mass is 10.2. The molecule has 0 bridgehead atoms. The summed E-state index contributed by atoms with van der Waals surface area (Å²) in [5, 5.41) is 13.0. The number of hydrogen-bond acceptors (Lipinski definition) is 4. The molecule has 0 aliphatic rings. The predicted molar refractivity (Wildman–Crippen MR) is 75.0 cm³/mol. The zero-order valence-corrected chi connectivity index (χ0v) is 10.7. The number of hydrogen-bond donors (Lipinski definition) is 1. The topological polar surface area (TPSA) is 85.1 Å². The monoisotopic (exact) mass is 287 g/mol. The van der Waals surface area contributed by atoms with Gasteiger partial charge in [0.25, 0.3) is 5.69 Å². The van der Waals surface area contributed by atoms with E-state index in [2.05, 4.69) is 10.3 Å². The van der Waals surface area contributed by atoms with Gasteiger partial charge in [-0.1, -0.05) is 0 Å². The highest BCUT2D eigenvalue weighted by Gasteiger charge is 2.03. The molecule has 0 aliphatic carbocycles. The molecule has 0 aliphatic heterocycles. The summed E-state index contributed by atoms with van der Waals surface area (Å²) < 4.78 is 12.6. The minimum absolute atomic E-state index is 0.0195. The maximum atomic E-state index is 12.6. The molecule has 1 amide bonds. The van der Waals surface area contributed by atoms with Gasteiger partial charge in [-0.15, -0.1) is 0 Å². The number of non-ortho nitro benzene ring substituents is 1. The van der Waals surface area contributed by atoms with Gasteiger partial charge in [0.05, 0.1) is 16.8 Å². The third-order valence-electron chi connectivity index (χ3n) is 2.53. The first-order valence-corrected chi connectivity index (χ1v) is 5.90. The number of anilines is 1. The van der Waals surface area contributed by atoms with Gasteiger partial charge >= 0.3 is 0 Å². The van der Waals surface area contributed by atoms with Crippen molar-refractivity contribution in [3.05, 3.63) is 70.3 Å². The zero-order chi connectivity index (χ0) is 15.2. The van der Waals surface area contributed by atoms with Crippen LogP contribution in [-0.4, -0.2) is 15.8 Å². The molecule has 1 heterocycles. The first kappa shape index (κ1) is 14.3. The molecule has 21 heavy (non-hydrogen) atoms. The maximum Gasteiger partial charge on any atom is 0.269 e. The van der Waals surface area contributed by atoms with Crippen molar-refractivity contribution in [1.29, 1.82) is 0 Å². The van der Waals surface area contributed by atoms with Crippen LogP contribution in [0, 0.1) is 16.1 Å². The van der Waals surface area contributed by atoms with E-state index in [1.165, 1.54) is 48.7 Å². The van der Waals surface area contributed by atoms with Gasteiger partial charge in [-0.2, -0.15) is 4.39 Å². The first-order valence-electron chi connectivity index (χ1n) is 5.90. The lowest BCUT2D eigenvalue weighted by Crippen LogP contribution is -2.08. The molecule has 0 unspecified atom stereocenters. The Hall–Kier alpha value is -3.09. The number of nitrogens with one attached hydrogen (secondary N) is 1. The third-order valence-corrected chi connectivity index (χ3v) is 2.53. The Morgan fingerprint density at radius 3 is 2.52 bits per heavy atom. The van der Waals surface area contributed by atoms with E-state index >= 15 is 0 Å². The Morgan fingerprint density at radius 1 is 1.24 bits per heavy atom. The quantitative estimate of drug-likeness (QED) is 0.405. The minimum atomic E-state index is -0.630. The number of rotatable bonds is 4. The molecule has 6 nitrogen and oxygen atoms in total. The largest absolute Gasteiger partial charge is 0.321 e. The van der Waals surface area contributed by atoms with Crippen molar-refractivity contribution in [1.82, 2.24) is 4.98 Å². The Labute approximate surface area is 119 Å². The molecule has 1 aromatic heterocycles. The average molecular weight is 287 g/mol. The van der Waals surface area contributed by atoms with Gasteiger partial charge in [0.1, 0.15) is 0 Å². The summed E-state index contributed by atoms with van der Waals surface area (Å²) in [6.45, 7) is 0. The summed E-state index contributed by atoms with van der Waals surface area (Å²) in [7, 11) is 0. The van der Waals surface area contributed by atoms with Crippen molar-refractivity contribution in [2.75, 3.05) is 5.32 Å². The van der Waals surface area contributed by atoms with E-state index in [0.29, 0.717) is 11.3 Å². The number of carbonyl (C=O) groups excluding carboxylic acids is 1. The van der Waals surface area contributed by atoms with Crippen molar-refractivity contribution in [2.24, 2.45) is 0 Å². The third kappa shape index (κ3) is 4.20. The number of aromatic nitrogens is 1. The second-order valence-electron chi connectivity index (χ2n) is 4.04. The standard InChI is InChI=1S/C14H10FN3O3/c15-13-7-4-11(9-16-13)17-14(19)8-3-10-1-5-12(6-2-10)18(20)21/h1-9H,(H,17,19)/b8-3+. The van der Waals surface area contributed by atoms with E-state index < -0.39 is 16.8 Å². The average Bonchev–Trinajstić information content (AvgIpc) is 2.48. The second-order valence-corrected chi connectivity index (χ2v) is 4.04. The van der Waals surface area contributed by atoms with Gasteiger partial charge in [0.15, 0.2) is 0 Å². The van der Waals surface area contributed by atoms with Gasteiger partial charge in [0.2, 0.25) is 11.9 Å². The van der Waals surface area contributed by atoms with Crippen molar-refractivity contribution in [2.45, 2.75) is 0 Å². The molecule has 106 valence electrons. The fourth-order valence-corrected chi connectivity index (χ4v) is 1.51. The summed E-state index contributed by atoms with van der Waals surface area (Å²) in [6, 6.07) is 8.28. The van der Waals surface area contributed by atoms with Gasteiger partial charge in [-0.05, 0) is 35.9 Å². The molecule has 1 N–H and O–H groups in total.